The molecule has 0 aliphatic carbocycles. The number of alkyl halides is 3. The first kappa shape index (κ1) is 55.3. The van der Waals surface area contributed by atoms with E-state index in [1.54, 1.807) is 51.2 Å². The summed E-state index contributed by atoms with van der Waals surface area (Å²) >= 11 is 0. The zero-order valence-electron chi connectivity index (χ0n) is 41.1. The molecule has 2 fully saturated rings. The number of methoxy groups -OCH3 is 1. The molecule has 2 saturated heterocycles. The summed E-state index contributed by atoms with van der Waals surface area (Å²) in [5.41, 5.74) is -0.607. The molecule has 0 saturated carbocycles. The Labute approximate surface area is 419 Å². The van der Waals surface area contributed by atoms with E-state index in [1.807, 2.05) is 17.4 Å². The average Bonchev–Trinajstić information content (AvgIpc) is 3.32. The number of ether oxygens (including phenoxy) is 2. The van der Waals surface area contributed by atoms with Gasteiger partial charge in [0.05, 0.1) is 43.9 Å². The van der Waals surface area contributed by atoms with Crippen LogP contribution in [0.1, 0.15) is 56.9 Å². The van der Waals surface area contributed by atoms with E-state index >= 15 is 8.78 Å². The molecule has 4 amide bonds. The van der Waals surface area contributed by atoms with Crippen LogP contribution in [0.25, 0.3) is 11.4 Å². The van der Waals surface area contributed by atoms with Gasteiger partial charge in [-0.1, -0.05) is 44.7 Å². The van der Waals surface area contributed by atoms with Crippen LogP contribution < -0.4 is 26.3 Å². The fourth-order valence-corrected chi connectivity index (χ4v) is 8.03. The second kappa shape index (κ2) is 23.7. The summed E-state index contributed by atoms with van der Waals surface area (Å²) < 4.78 is 85.2. The number of nitrogens with one attached hydrogen (secondary N) is 4. The third-order valence-electron chi connectivity index (χ3n) is 12.6. The lowest BCUT2D eigenvalue weighted by atomic mass is 9.82. The number of alkyl carbamates (subject to hydrolysis) is 1. The van der Waals surface area contributed by atoms with Crippen LogP contribution >= 0.6 is 0 Å². The van der Waals surface area contributed by atoms with Crippen molar-refractivity contribution in [3.8, 4) is 23.2 Å². The predicted octanol–water partition coefficient (Wildman–Crippen LogP) is 4.65. The molecule has 4 atom stereocenters. The molecular formula is C50H59F5N10O8. The first-order valence-electron chi connectivity index (χ1n) is 23.3. The van der Waals surface area contributed by atoms with E-state index < -0.39 is 95.5 Å². The molecule has 2 aliphatic rings. The van der Waals surface area contributed by atoms with Crippen molar-refractivity contribution in [3.05, 3.63) is 107 Å². The first-order chi connectivity index (χ1) is 34.4. The molecule has 2 aliphatic heterocycles. The molecule has 4 unspecified atom stereocenters. The van der Waals surface area contributed by atoms with Crippen molar-refractivity contribution in [3.63, 3.8) is 0 Å². The molecule has 6 N–H and O–H groups in total. The average molecular weight is 1020 g/mol. The molecule has 2 aromatic heterocycles. The molecule has 73 heavy (non-hydrogen) atoms. The number of halogens is 5. The van der Waals surface area contributed by atoms with Gasteiger partial charge in [0, 0.05) is 80.1 Å². The van der Waals surface area contributed by atoms with Crippen molar-refractivity contribution >= 4 is 29.8 Å². The number of amides is 4. The number of anilines is 1. The maximum atomic E-state index is 15.9. The van der Waals surface area contributed by atoms with E-state index in [0.717, 1.165) is 69.5 Å². The van der Waals surface area contributed by atoms with Crippen LogP contribution in [0.4, 0.5) is 37.4 Å². The number of nitrogens with zero attached hydrogens (tertiary/aromatic N) is 6. The van der Waals surface area contributed by atoms with Gasteiger partial charge in [-0.15, -0.1) is 0 Å². The van der Waals surface area contributed by atoms with Gasteiger partial charge >= 0.3 is 18.4 Å². The maximum absolute atomic E-state index is 15.9. The van der Waals surface area contributed by atoms with Crippen molar-refractivity contribution in [2.75, 3.05) is 57.9 Å². The SMILES string of the molecule is COC(=O)NC(C(=O)NC(Cc1ccc(C#Cc2ccc(N3CCN(C4COC4)CC3)nc2)cc1)C(O)CN(Cc1c(F)cc(-c2ncccn2)cc1F)NC(=O)C(NC(=O)O)C(C)(C)C)C(C)(C)C(F)(F)F. The fourth-order valence-electron chi connectivity index (χ4n) is 8.03. The normalized spacial score (nSPS) is 16.2. The zero-order chi connectivity index (χ0) is 53.3. The maximum Gasteiger partial charge on any atom is 0.407 e. The van der Waals surface area contributed by atoms with Crippen LogP contribution in [0.15, 0.2) is 73.2 Å². The van der Waals surface area contributed by atoms with E-state index in [1.165, 1.54) is 18.5 Å². The minimum atomic E-state index is -5.06. The van der Waals surface area contributed by atoms with Gasteiger partial charge in [-0.05, 0) is 73.7 Å². The lowest BCUT2D eigenvalue weighted by Gasteiger charge is -2.42. The number of hydrazine groups is 1. The van der Waals surface area contributed by atoms with Crippen molar-refractivity contribution < 1.29 is 60.8 Å². The largest absolute Gasteiger partial charge is 0.465 e. The lowest BCUT2D eigenvalue weighted by molar-refractivity contribution is -0.220. The fraction of sp³-hybridized carbons (Fsp3) is 0.460. The number of hydrogen-bond acceptors (Lipinski definition) is 13. The zero-order valence-corrected chi connectivity index (χ0v) is 41.1. The number of aliphatic hydroxyl groups excluding tert-OH is 1. The Morgan fingerprint density at radius 2 is 1.47 bits per heavy atom. The van der Waals surface area contributed by atoms with Gasteiger partial charge in [-0.3, -0.25) is 19.9 Å². The summed E-state index contributed by atoms with van der Waals surface area (Å²) in [5.74, 6) is 2.31. The van der Waals surface area contributed by atoms with E-state index in [9.17, 15) is 42.6 Å². The Balaban J connectivity index is 1.28. The van der Waals surface area contributed by atoms with Crippen molar-refractivity contribution in [2.45, 2.75) is 84.0 Å². The minimum Gasteiger partial charge on any atom is -0.465 e. The summed E-state index contributed by atoms with van der Waals surface area (Å²) in [7, 11) is 0.891. The highest BCUT2D eigenvalue weighted by molar-refractivity contribution is 5.87. The summed E-state index contributed by atoms with van der Waals surface area (Å²) in [6, 6.07) is 8.78. The summed E-state index contributed by atoms with van der Waals surface area (Å²) in [6.45, 7) is 9.43. The van der Waals surface area contributed by atoms with Gasteiger partial charge in [0.15, 0.2) is 5.82 Å². The van der Waals surface area contributed by atoms with E-state index in [4.69, 9.17) is 4.74 Å². The summed E-state index contributed by atoms with van der Waals surface area (Å²) in [6.07, 6.45) is -5.76. The number of benzene rings is 2. The number of carboxylic acid groups (broad SMARTS) is 1. The van der Waals surface area contributed by atoms with Gasteiger partial charge in [0.1, 0.15) is 29.5 Å². The molecule has 0 bridgehead atoms. The molecule has 392 valence electrons. The number of pyridine rings is 1. The van der Waals surface area contributed by atoms with Gasteiger partial charge in [0.25, 0.3) is 5.91 Å². The standard InChI is InChI=1S/C50H59F5N10O8/c1-48(2,3)41(60-46(69)70)45(68)62-65(26-35-36(51)23-33(24-37(35)52)43-56-16-7-17-57-43)27-39(66)38(59-44(67)42(61-47(71)72-6)49(4,5)50(53,54)55)22-31-11-8-30(9-12-31)10-13-32-14-15-40(58-25-32)64-20-18-63(19-21-64)34-28-73-29-34/h7-9,11-12,14-17,23-25,34,38-39,41-42,60,66H,18-22,26-29H2,1-6H3,(H,59,67)(H,61,71)(H,62,68)(H,69,70). The highest BCUT2D eigenvalue weighted by Gasteiger charge is 2.56. The molecule has 2 aromatic carbocycles. The Bertz CT molecular complexity index is 2590. The minimum absolute atomic E-state index is 0.00431. The van der Waals surface area contributed by atoms with Crippen LogP contribution in [0.2, 0.25) is 0 Å². The van der Waals surface area contributed by atoms with Gasteiger partial charge in [-0.2, -0.15) is 13.2 Å². The molecule has 23 heteroatoms. The number of aliphatic hydroxyl groups is 1. The second-order valence-corrected chi connectivity index (χ2v) is 19.3. The Kier molecular flexibility index (Phi) is 18.0. The molecule has 0 radical (unpaired) electrons. The van der Waals surface area contributed by atoms with Crippen LogP contribution in [0.5, 0.6) is 0 Å². The van der Waals surface area contributed by atoms with Gasteiger partial charge < -0.3 is 40.5 Å². The van der Waals surface area contributed by atoms with Crippen molar-refractivity contribution in [2.24, 2.45) is 10.8 Å². The smallest absolute Gasteiger partial charge is 0.407 e. The van der Waals surface area contributed by atoms with Crippen molar-refractivity contribution in [1.29, 1.82) is 0 Å². The first-order valence-corrected chi connectivity index (χ1v) is 23.3. The molecule has 4 aromatic rings. The number of carbonyl (C=O) groups is 4. The van der Waals surface area contributed by atoms with Crippen LogP contribution in [0.3, 0.4) is 0 Å². The summed E-state index contributed by atoms with van der Waals surface area (Å²) in [4.78, 5) is 69.3. The number of carbonyl (C=O) groups excluding carboxylic acids is 3. The number of rotatable bonds is 17. The third kappa shape index (κ3) is 14.6. The highest BCUT2D eigenvalue weighted by atomic mass is 19.4. The molecule has 4 heterocycles. The lowest BCUT2D eigenvalue weighted by Crippen LogP contribution is -2.63. The quantitative estimate of drug-likeness (QED) is 0.0482. The Hall–Kier alpha value is -7.00. The number of aromatic nitrogens is 3. The highest BCUT2D eigenvalue weighted by Crippen LogP contribution is 2.40. The van der Waals surface area contributed by atoms with E-state index in [0.29, 0.717) is 36.6 Å². The molecular weight excluding hydrogens is 964 g/mol. The second-order valence-electron chi connectivity index (χ2n) is 19.3. The number of hydrogen-bond donors (Lipinski definition) is 6. The van der Waals surface area contributed by atoms with Crippen LogP contribution in [-0.4, -0.2) is 149 Å². The van der Waals surface area contributed by atoms with Gasteiger partial charge in [0.2, 0.25) is 5.91 Å². The summed E-state index contributed by atoms with van der Waals surface area (Å²) in [5, 5.41) is 29.0. The Morgan fingerprint density at radius 1 is 0.849 bits per heavy atom. The number of piperazine rings is 1. The Morgan fingerprint density at radius 3 is 2.00 bits per heavy atom. The van der Waals surface area contributed by atoms with E-state index in [2.05, 4.69) is 57.4 Å². The predicted molar refractivity (Wildman–Crippen MR) is 256 cm³/mol. The molecule has 18 nitrogen and oxygen atoms in total. The van der Waals surface area contributed by atoms with Crippen LogP contribution in [0, 0.1) is 34.3 Å². The monoisotopic (exact) mass is 1020 g/mol. The topological polar surface area (TPSA) is 224 Å². The third-order valence-corrected chi connectivity index (χ3v) is 12.6. The molecule has 6 rings (SSSR count). The van der Waals surface area contributed by atoms with E-state index in [-0.39, 0.29) is 17.8 Å². The van der Waals surface area contributed by atoms with Crippen molar-refractivity contribution in [1.82, 2.24) is 46.2 Å². The van der Waals surface area contributed by atoms with Gasteiger partial charge in [-0.25, -0.2) is 38.3 Å². The van der Waals surface area contributed by atoms with Crippen LogP contribution in [-0.2, 0) is 32.0 Å². The molecule has 0 spiro atoms.